The fraction of sp³-hybridized carbons (Fsp3) is 0.321. The summed E-state index contributed by atoms with van der Waals surface area (Å²) in [6.45, 7) is 0.994. The molecule has 0 aromatic heterocycles. The summed E-state index contributed by atoms with van der Waals surface area (Å²) in [6, 6.07) is 29.5. The van der Waals surface area contributed by atoms with Gasteiger partial charge < -0.3 is 28.5 Å². The van der Waals surface area contributed by atoms with E-state index in [4.69, 9.17) is 23.7 Å². The Morgan fingerprint density at radius 3 is 1.47 bits per heavy atom. The van der Waals surface area contributed by atoms with Crippen LogP contribution in [0.15, 0.2) is 91.0 Å². The van der Waals surface area contributed by atoms with Crippen LogP contribution in [0.3, 0.4) is 0 Å². The van der Waals surface area contributed by atoms with Gasteiger partial charge in [0.1, 0.15) is 24.4 Å². The molecular weight excluding hydrogens is 433 g/mol. The van der Waals surface area contributed by atoms with Gasteiger partial charge in [0.05, 0.1) is 19.8 Å². The first-order valence-electron chi connectivity index (χ1n) is 11.4. The summed E-state index contributed by atoms with van der Waals surface area (Å²) in [4.78, 5) is 12.0. The predicted octanol–water partition coefficient (Wildman–Crippen LogP) is 4.31. The number of benzene rings is 3. The normalized spacial score (nSPS) is 24.6. The molecule has 1 heterocycles. The molecule has 6 nitrogen and oxygen atoms in total. The Morgan fingerprint density at radius 1 is 0.647 bits per heavy atom. The maximum Gasteiger partial charge on any atom is 0.187 e. The van der Waals surface area contributed by atoms with E-state index in [-0.39, 0.29) is 0 Å². The van der Waals surface area contributed by atoms with Gasteiger partial charge in [-0.05, 0) is 16.7 Å². The van der Waals surface area contributed by atoms with Gasteiger partial charge in [0, 0.05) is 7.11 Å². The molecule has 0 radical (unpaired) electrons. The van der Waals surface area contributed by atoms with Gasteiger partial charge in [-0.3, -0.25) is 0 Å². The maximum atomic E-state index is 12.0. The minimum absolute atomic E-state index is 0.313. The minimum atomic E-state index is -0.856. The Hall–Kier alpha value is -2.87. The lowest BCUT2D eigenvalue weighted by Crippen LogP contribution is -2.61. The zero-order valence-corrected chi connectivity index (χ0v) is 19.2. The van der Waals surface area contributed by atoms with Crippen molar-refractivity contribution in [3.63, 3.8) is 0 Å². The topological polar surface area (TPSA) is 63.2 Å². The number of hydrogen-bond acceptors (Lipinski definition) is 6. The summed E-state index contributed by atoms with van der Waals surface area (Å²) >= 11 is 0. The second kappa shape index (κ2) is 12.6. The van der Waals surface area contributed by atoms with Crippen LogP contribution >= 0.6 is 0 Å². The molecule has 1 aliphatic heterocycles. The van der Waals surface area contributed by atoms with Crippen molar-refractivity contribution >= 4 is 6.29 Å². The van der Waals surface area contributed by atoms with Crippen molar-refractivity contribution in [3.8, 4) is 0 Å². The van der Waals surface area contributed by atoms with Crippen molar-refractivity contribution in [3.05, 3.63) is 108 Å². The molecule has 3 aromatic carbocycles. The number of ether oxygens (including phenoxy) is 5. The van der Waals surface area contributed by atoms with Crippen molar-refractivity contribution in [2.45, 2.75) is 50.5 Å². The quantitative estimate of drug-likeness (QED) is 0.312. The number of rotatable bonds is 11. The van der Waals surface area contributed by atoms with Crippen LogP contribution in [0.1, 0.15) is 16.7 Å². The van der Waals surface area contributed by atoms with Gasteiger partial charge in [-0.1, -0.05) is 91.0 Å². The molecule has 0 bridgehead atoms. The number of carbonyl (C=O) groups is 1. The van der Waals surface area contributed by atoms with Gasteiger partial charge in [-0.15, -0.1) is 0 Å². The molecule has 4 rings (SSSR count). The van der Waals surface area contributed by atoms with E-state index in [2.05, 4.69) is 0 Å². The third kappa shape index (κ3) is 6.38. The lowest BCUT2D eigenvalue weighted by molar-refractivity contribution is -0.309. The average Bonchev–Trinajstić information content (AvgIpc) is 2.91. The number of carbonyl (C=O) groups excluding carboxylic acids is 1. The largest absolute Gasteiger partial charge is 0.368 e. The highest BCUT2D eigenvalue weighted by Crippen LogP contribution is 2.30. The van der Waals surface area contributed by atoms with Crippen molar-refractivity contribution in [2.24, 2.45) is 0 Å². The molecular formula is C28H30O6. The highest BCUT2D eigenvalue weighted by Gasteiger charge is 2.48. The molecule has 0 spiro atoms. The van der Waals surface area contributed by atoms with Crippen molar-refractivity contribution in [1.29, 1.82) is 0 Å². The Balaban J connectivity index is 1.57. The molecule has 5 atom stereocenters. The van der Waals surface area contributed by atoms with Gasteiger partial charge in [0.15, 0.2) is 12.6 Å². The monoisotopic (exact) mass is 463 g/mol. The van der Waals surface area contributed by atoms with E-state index in [1.54, 1.807) is 0 Å². The summed E-state index contributed by atoms with van der Waals surface area (Å²) in [5.74, 6) is 0. The second-order valence-corrected chi connectivity index (χ2v) is 8.12. The molecule has 1 saturated heterocycles. The maximum absolute atomic E-state index is 12.0. The van der Waals surface area contributed by atoms with Gasteiger partial charge in [0.2, 0.25) is 0 Å². The van der Waals surface area contributed by atoms with E-state index in [0.29, 0.717) is 19.8 Å². The van der Waals surface area contributed by atoms with E-state index >= 15 is 0 Å². The van der Waals surface area contributed by atoms with Crippen LogP contribution < -0.4 is 0 Å². The first kappa shape index (κ1) is 24.3. The smallest absolute Gasteiger partial charge is 0.187 e. The molecule has 0 saturated carbocycles. The fourth-order valence-corrected chi connectivity index (χ4v) is 3.99. The Bertz CT molecular complexity index is 982. The molecule has 1 aliphatic rings. The molecule has 0 aliphatic carbocycles. The SMILES string of the molecule is CO[C@H]1O[C@H]([13CH]=O)[C@@H](OCc2ccccc2)[C@H](OCc2ccccc2)[C@H]1OCc1ccccc1. The highest BCUT2D eigenvalue weighted by atomic mass is 16.7. The van der Waals surface area contributed by atoms with Gasteiger partial charge >= 0.3 is 0 Å². The van der Waals surface area contributed by atoms with Crippen LogP contribution in [-0.4, -0.2) is 44.1 Å². The lowest BCUT2D eigenvalue weighted by atomic mass is 10.0. The fourth-order valence-electron chi connectivity index (χ4n) is 3.99. The molecule has 0 N–H and O–H groups in total. The molecule has 0 amide bonds. The first-order chi connectivity index (χ1) is 16.8. The standard InChI is InChI=1S/C28H30O6/c1-30-28-27(33-20-23-15-9-4-10-16-23)26(32-19-22-13-7-3-8-14-22)25(24(17-29)34-28)31-18-21-11-5-2-6-12-21/h2-17,24-28H,18-20H2,1H3/t24-,25-,26+,27-,28+/m1/s1/i17+1. The van der Waals surface area contributed by atoms with Crippen LogP contribution in [0.2, 0.25) is 0 Å². The average molecular weight is 464 g/mol. The number of aldehydes is 1. The van der Waals surface area contributed by atoms with E-state index in [0.717, 1.165) is 23.0 Å². The van der Waals surface area contributed by atoms with Crippen LogP contribution in [-0.2, 0) is 48.3 Å². The Kier molecular flexibility index (Phi) is 8.96. The minimum Gasteiger partial charge on any atom is -0.368 e. The Morgan fingerprint density at radius 2 is 1.06 bits per heavy atom. The summed E-state index contributed by atoms with van der Waals surface area (Å²) in [7, 11) is 1.53. The highest BCUT2D eigenvalue weighted by molar-refractivity contribution is 5.57. The van der Waals surface area contributed by atoms with Crippen molar-refractivity contribution in [1.82, 2.24) is 0 Å². The summed E-state index contributed by atoms with van der Waals surface area (Å²) in [6.07, 6.45) is -2.77. The van der Waals surface area contributed by atoms with Crippen molar-refractivity contribution < 1.29 is 28.5 Å². The second-order valence-electron chi connectivity index (χ2n) is 8.12. The third-order valence-corrected chi connectivity index (χ3v) is 5.75. The van der Waals surface area contributed by atoms with Crippen LogP contribution in [0.25, 0.3) is 0 Å². The lowest BCUT2D eigenvalue weighted by Gasteiger charge is -2.44. The van der Waals surface area contributed by atoms with Crippen molar-refractivity contribution in [2.75, 3.05) is 7.11 Å². The number of hydrogen-bond donors (Lipinski definition) is 0. The predicted molar refractivity (Wildman–Crippen MR) is 127 cm³/mol. The van der Waals surface area contributed by atoms with Crippen LogP contribution in [0, 0.1) is 0 Å². The molecule has 178 valence electrons. The van der Waals surface area contributed by atoms with Gasteiger partial charge in [-0.2, -0.15) is 0 Å². The molecule has 3 aromatic rings. The summed E-state index contributed by atoms with van der Waals surface area (Å²) in [5, 5.41) is 0. The zero-order valence-electron chi connectivity index (χ0n) is 19.2. The number of methoxy groups -OCH3 is 1. The molecule has 6 heteroatoms. The van der Waals surface area contributed by atoms with E-state index in [1.807, 2.05) is 91.0 Å². The first-order valence-corrected chi connectivity index (χ1v) is 11.4. The Labute approximate surface area is 200 Å². The van der Waals surface area contributed by atoms with Crippen LogP contribution in [0.4, 0.5) is 0 Å². The molecule has 1 fully saturated rings. The van der Waals surface area contributed by atoms with E-state index < -0.39 is 30.7 Å². The molecule has 34 heavy (non-hydrogen) atoms. The van der Waals surface area contributed by atoms with Gasteiger partial charge in [-0.25, -0.2) is 0 Å². The summed E-state index contributed by atoms with van der Waals surface area (Å²) < 4.78 is 30.4. The van der Waals surface area contributed by atoms with Gasteiger partial charge in [0.25, 0.3) is 0 Å². The van der Waals surface area contributed by atoms with Crippen LogP contribution in [0.5, 0.6) is 0 Å². The van der Waals surface area contributed by atoms with E-state index in [9.17, 15) is 4.79 Å². The van der Waals surface area contributed by atoms with E-state index in [1.165, 1.54) is 7.11 Å². The zero-order chi connectivity index (χ0) is 23.6. The molecule has 0 unspecified atom stereocenters. The third-order valence-electron chi connectivity index (χ3n) is 5.75. The summed E-state index contributed by atoms with van der Waals surface area (Å²) in [5.41, 5.74) is 3.01.